The van der Waals surface area contributed by atoms with E-state index in [4.69, 9.17) is 0 Å². The van der Waals surface area contributed by atoms with Gasteiger partial charge in [0.2, 0.25) is 0 Å². The molecule has 2 N–H and O–H groups in total. The summed E-state index contributed by atoms with van der Waals surface area (Å²) >= 11 is 0. The molecule has 3 heteroatoms. The van der Waals surface area contributed by atoms with Crippen LogP contribution in [0.1, 0.15) is 45.4 Å². The van der Waals surface area contributed by atoms with Gasteiger partial charge in [-0.05, 0) is 85.5 Å². The summed E-state index contributed by atoms with van der Waals surface area (Å²) in [6.07, 6.45) is 10.5. The van der Waals surface area contributed by atoms with E-state index in [2.05, 4.69) is 6.92 Å². The van der Waals surface area contributed by atoms with Crippen molar-refractivity contribution >= 4 is 5.78 Å². The number of allylic oxidation sites excluding steroid dienone is 2. The van der Waals surface area contributed by atoms with E-state index in [9.17, 15) is 15.0 Å². The predicted octanol–water partition coefficient (Wildman–Crippen LogP) is 2.38. The third-order valence-corrected chi connectivity index (χ3v) is 7.03. The van der Waals surface area contributed by atoms with Crippen LogP contribution in [0.2, 0.25) is 0 Å². The van der Waals surface area contributed by atoms with Gasteiger partial charge in [-0.2, -0.15) is 0 Å². The zero-order chi connectivity index (χ0) is 14.8. The quantitative estimate of drug-likeness (QED) is 0.719. The first-order chi connectivity index (χ1) is 9.95. The lowest BCUT2D eigenvalue weighted by Crippen LogP contribution is -2.54. The van der Waals surface area contributed by atoms with Crippen molar-refractivity contribution in [1.29, 1.82) is 0 Å². The Balaban J connectivity index is 1.70. The Hall–Kier alpha value is -0.930. The second-order valence-electron chi connectivity index (χ2n) is 7.78. The fourth-order valence-electron chi connectivity index (χ4n) is 5.82. The van der Waals surface area contributed by atoms with Gasteiger partial charge in [0.25, 0.3) is 0 Å². The molecule has 3 fully saturated rings. The molecule has 3 saturated carbocycles. The van der Waals surface area contributed by atoms with E-state index in [0.717, 1.165) is 44.1 Å². The molecular formula is C18H24O3. The van der Waals surface area contributed by atoms with Crippen LogP contribution in [0.15, 0.2) is 23.8 Å². The monoisotopic (exact) mass is 288 g/mol. The van der Waals surface area contributed by atoms with Crippen LogP contribution >= 0.6 is 0 Å². The summed E-state index contributed by atoms with van der Waals surface area (Å²) in [5.41, 5.74) is 0.0388. The van der Waals surface area contributed by atoms with Gasteiger partial charge < -0.3 is 10.2 Å². The van der Waals surface area contributed by atoms with Crippen LogP contribution in [0.25, 0.3) is 0 Å². The molecule has 4 aliphatic rings. The van der Waals surface area contributed by atoms with Crippen molar-refractivity contribution in [3.63, 3.8) is 0 Å². The Bertz CT molecular complexity index is 549. The second kappa shape index (κ2) is 4.30. The summed E-state index contributed by atoms with van der Waals surface area (Å²) in [5.74, 6) is 1.21. The first-order valence-electron chi connectivity index (χ1n) is 8.30. The lowest BCUT2D eigenvalue weighted by Gasteiger charge is -2.55. The minimum atomic E-state index is -0.911. The van der Waals surface area contributed by atoms with Crippen molar-refractivity contribution in [2.45, 2.75) is 57.2 Å². The van der Waals surface area contributed by atoms with Crippen molar-refractivity contribution in [3.8, 4) is 0 Å². The fourth-order valence-corrected chi connectivity index (χ4v) is 5.82. The molecule has 0 bridgehead atoms. The Labute approximate surface area is 125 Å². The molecule has 4 rings (SSSR count). The maximum Gasteiger partial charge on any atom is 0.178 e. The molecule has 0 radical (unpaired) electrons. The van der Waals surface area contributed by atoms with E-state index in [1.807, 2.05) is 0 Å². The molecule has 21 heavy (non-hydrogen) atoms. The highest BCUT2D eigenvalue weighted by molar-refractivity contribution is 6.01. The maximum absolute atomic E-state index is 11.6. The molecule has 6 unspecified atom stereocenters. The van der Waals surface area contributed by atoms with Crippen molar-refractivity contribution in [1.82, 2.24) is 0 Å². The summed E-state index contributed by atoms with van der Waals surface area (Å²) < 4.78 is 0. The van der Waals surface area contributed by atoms with Gasteiger partial charge in [0.05, 0.1) is 6.10 Å². The summed E-state index contributed by atoms with van der Waals surface area (Å²) in [5, 5.41) is 21.6. The van der Waals surface area contributed by atoms with E-state index < -0.39 is 5.60 Å². The van der Waals surface area contributed by atoms with E-state index in [1.165, 1.54) is 6.08 Å². The highest BCUT2D eigenvalue weighted by Crippen LogP contribution is 2.62. The van der Waals surface area contributed by atoms with Crippen LogP contribution < -0.4 is 0 Å². The largest absolute Gasteiger partial charge is 0.393 e. The van der Waals surface area contributed by atoms with Gasteiger partial charge >= 0.3 is 0 Å². The lowest BCUT2D eigenvalue weighted by atomic mass is 9.51. The minimum absolute atomic E-state index is 0.00469. The number of ketones is 1. The Morgan fingerprint density at radius 3 is 2.81 bits per heavy atom. The minimum Gasteiger partial charge on any atom is -0.393 e. The third kappa shape index (κ3) is 1.71. The smallest absolute Gasteiger partial charge is 0.178 e. The standard InChI is InChI=1S/C18H24O3/c1-17-8-7-15-13(14(17)4-5-16(17)20)3-2-11-10-12(19)6-9-18(11,15)21/h6,9-10,13-16,20-21H,2-5,7-8H2,1H3. The number of hydrogen-bond donors (Lipinski definition) is 2. The zero-order valence-electron chi connectivity index (χ0n) is 12.6. The van der Waals surface area contributed by atoms with Crippen LogP contribution in [0.4, 0.5) is 0 Å². The summed E-state index contributed by atoms with van der Waals surface area (Å²) in [4.78, 5) is 11.6. The van der Waals surface area contributed by atoms with Gasteiger partial charge in [-0.15, -0.1) is 0 Å². The number of fused-ring (bicyclic) bond motifs is 5. The van der Waals surface area contributed by atoms with Crippen molar-refractivity contribution in [3.05, 3.63) is 23.8 Å². The number of aliphatic hydroxyl groups is 2. The molecule has 4 aliphatic carbocycles. The SMILES string of the molecule is CC12CCC3C(CCC4=CC(=O)C=CC43O)C1CCC2O. The van der Waals surface area contributed by atoms with E-state index in [0.29, 0.717) is 11.8 Å². The Morgan fingerprint density at radius 1 is 1.19 bits per heavy atom. The normalized spacial score (nSPS) is 52.0. The molecular weight excluding hydrogens is 264 g/mol. The number of hydrogen-bond acceptors (Lipinski definition) is 3. The van der Waals surface area contributed by atoms with Crippen molar-refractivity contribution in [2.24, 2.45) is 23.2 Å². The first-order valence-corrected chi connectivity index (χ1v) is 8.30. The number of carbonyl (C=O) groups excluding carboxylic acids is 1. The number of rotatable bonds is 0. The van der Waals surface area contributed by atoms with Gasteiger partial charge in [0.1, 0.15) is 5.60 Å². The second-order valence-corrected chi connectivity index (χ2v) is 7.78. The summed E-state index contributed by atoms with van der Waals surface area (Å²) in [6, 6.07) is 0. The van der Waals surface area contributed by atoms with E-state index in [-0.39, 0.29) is 23.2 Å². The molecule has 3 nitrogen and oxygen atoms in total. The molecule has 0 aromatic rings. The van der Waals surface area contributed by atoms with Gasteiger partial charge in [-0.1, -0.05) is 6.92 Å². The van der Waals surface area contributed by atoms with Crippen LogP contribution in [0.3, 0.4) is 0 Å². The van der Waals surface area contributed by atoms with Gasteiger partial charge in [0.15, 0.2) is 5.78 Å². The van der Waals surface area contributed by atoms with Crippen molar-refractivity contribution < 1.29 is 15.0 Å². The van der Waals surface area contributed by atoms with Crippen LogP contribution in [-0.2, 0) is 4.79 Å². The highest BCUT2D eigenvalue weighted by atomic mass is 16.3. The average Bonchev–Trinajstić information content (AvgIpc) is 2.76. The fraction of sp³-hybridized carbons (Fsp3) is 0.722. The first kappa shape index (κ1) is 13.7. The lowest BCUT2D eigenvalue weighted by molar-refractivity contribution is -0.113. The van der Waals surface area contributed by atoms with Gasteiger partial charge in [-0.3, -0.25) is 4.79 Å². The Kier molecular flexibility index (Phi) is 2.81. The molecule has 0 saturated heterocycles. The van der Waals surface area contributed by atoms with Gasteiger partial charge in [0, 0.05) is 0 Å². The molecule has 114 valence electrons. The van der Waals surface area contributed by atoms with Crippen LogP contribution in [0.5, 0.6) is 0 Å². The summed E-state index contributed by atoms with van der Waals surface area (Å²) in [6.45, 7) is 2.24. The number of aliphatic hydroxyl groups excluding tert-OH is 1. The molecule has 0 spiro atoms. The topological polar surface area (TPSA) is 57.5 Å². The predicted molar refractivity (Wildman–Crippen MR) is 79.5 cm³/mol. The van der Waals surface area contributed by atoms with Crippen LogP contribution in [-0.4, -0.2) is 27.7 Å². The summed E-state index contributed by atoms with van der Waals surface area (Å²) in [7, 11) is 0. The number of carbonyl (C=O) groups is 1. The maximum atomic E-state index is 11.6. The molecule has 6 atom stereocenters. The molecule has 0 heterocycles. The molecule has 0 aliphatic heterocycles. The highest BCUT2D eigenvalue weighted by Gasteiger charge is 2.59. The zero-order valence-corrected chi connectivity index (χ0v) is 12.6. The molecule has 0 aromatic heterocycles. The van der Waals surface area contributed by atoms with Crippen LogP contribution in [0, 0.1) is 23.2 Å². The van der Waals surface area contributed by atoms with Gasteiger partial charge in [-0.25, -0.2) is 0 Å². The average molecular weight is 288 g/mol. The van der Waals surface area contributed by atoms with E-state index in [1.54, 1.807) is 12.2 Å². The Morgan fingerprint density at radius 2 is 2.00 bits per heavy atom. The third-order valence-electron chi connectivity index (χ3n) is 7.03. The molecule has 0 amide bonds. The molecule has 0 aromatic carbocycles. The van der Waals surface area contributed by atoms with Crippen molar-refractivity contribution in [2.75, 3.05) is 0 Å². The van der Waals surface area contributed by atoms with E-state index >= 15 is 0 Å².